The summed E-state index contributed by atoms with van der Waals surface area (Å²) in [5.74, 6) is 0.520. The Balaban J connectivity index is 1.55. The molecule has 1 fully saturated rings. The van der Waals surface area contributed by atoms with E-state index < -0.39 is 0 Å². The topological polar surface area (TPSA) is 70.5 Å². The maximum absolute atomic E-state index is 12.5. The first-order valence-corrected chi connectivity index (χ1v) is 9.42. The van der Waals surface area contributed by atoms with Crippen molar-refractivity contribution >= 4 is 17.4 Å². The molecule has 2 amide bonds. The largest absolute Gasteiger partial charge is 0.367 e. The summed E-state index contributed by atoms with van der Waals surface area (Å²) in [6, 6.07) is 9.56. The third kappa shape index (κ3) is 4.48. The Morgan fingerprint density at radius 1 is 1.19 bits per heavy atom. The van der Waals surface area contributed by atoms with Gasteiger partial charge in [-0.25, -0.2) is 9.48 Å². The first-order chi connectivity index (χ1) is 13.0. The Bertz CT molecular complexity index is 838. The SMILES string of the molecule is CCC(C)c1ccc(NC(=O)N2CCN(c3cnn(C)c(=O)c3)CC2)cc1. The van der Waals surface area contributed by atoms with Gasteiger partial charge >= 0.3 is 6.03 Å². The van der Waals surface area contributed by atoms with Gasteiger partial charge in [0, 0.05) is 45.0 Å². The Morgan fingerprint density at radius 3 is 2.44 bits per heavy atom. The minimum atomic E-state index is -0.131. The number of anilines is 2. The molecule has 2 heterocycles. The molecular formula is C20H27N5O2. The van der Waals surface area contributed by atoms with Gasteiger partial charge < -0.3 is 15.1 Å². The number of hydrogen-bond donors (Lipinski definition) is 1. The number of hydrogen-bond acceptors (Lipinski definition) is 4. The average molecular weight is 369 g/mol. The fraction of sp³-hybridized carbons (Fsp3) is 0.450. The Morgan fingerprint density at radius 2 is 1.85 bits per heavy atom. The van der Waals surface area contributed by atoms with E-state index in [0.717, 1.165) is 17.8 Å². The van der Waals surface area contributed by atoms with Crippen molar-refractivity contribution in [1.29, 1.82) is 0 Å². The van der Waals surface area contributed by atoms with Crippen molar-refractivity contribution in [3.8, 4) is 0 Å². The van der Waals surface area contributed by atoms with Gasteiger partial charge in [-0.05, 0) is 30.0 Å². The van der Waals surface area contributed by atoms with E-state index in [1.165, 1.54) is 10.2 Å². The molecule has 7 nitrogen and oxygen atoms in total. The molecule has 1 aromatic heterocycles. The lowest BCUT2D eigenvalue weighted by molar-refractivity contribution is 0.208. The van der Waals surface area contributed by atoms with E-state index in [9.17, 15) is 9.59 Å². The van der Waals surface area contributed by atoms with E-state index >= 15 is 0 Å². The zero-order chi connectivity index (χ0) is 19.4. The molecule has 1 aromatic carbocycles. The van der Waals surface area contributed by atoms with Crippen LogP contribution < -0.4 is 15.8 Å². The number of nitrogens with one attached hydrogen (secondary N) is 1. The van der Waals surface area contributed by atoms with Crippen molar-refractivity contribution in [2.75, 3.05) is 36.4 Å². The van der Waals surface area contributed by atoms with Gasteiger partial charge in [0.1, 0.15) is 0 Å². The summed E-state index contributed by atoms with van der Waals surface area (Å²) in [5, 5.41) is 7.03. The van der Waals surface area contributed by atoms with Crippen molar-refractivity contribution < 1.29 is 4.79 Å². The molecule has 1 aliphatic heterocycles. The molecular weight excluding hydrogens is 342 g/mol. The van der Waals surface area contributed by atoms with Crippen molar-refractivity contribution in [3.63, 3.8) is 0 Å². The smallest absolute Gasteiger partial charge is 0.321 e. The molecule has 3 rings (SSSR count). The Labute approximate surface area is 159 Å². The molecule has 0 aliphatic carbocycles. The molecule has 0 spiro atoms. The number of carbonyl (C=O) groups excluding carboxylic acids is 1. The predicted molar refractivity (Wildman–Crippen MR) is 107 cm³/mol. The second-order valence-electron chi connectivity index (χ2n) is 7.01. The molecule has 1 saturated heterocycles. The van der Waals surface area contributed by atoms with Crippen LogP contribution in [0.25, 0.3) is 0 Å². The molecule has 0 bridgehead atoms. The number of amides is 2. The Kier molecular flexibility index (Phi) is 5.78. The van der Waals surface area contributed by atoms with Crippen LogP contribution in [0, 0.1) is 0 Å². The van der Waals surface area contributed by atoms with Crippen LogP contribution in [-0.2, 0) is 7.05 Å². The zero-order valence-electron chi connectivity index (χ0n) is 16.2. The lowest BCUT2D eigenvalue weighted by atomic mass is 9.99. The summed E-state index contributed by atoms with van der Waals surface area (Å²) < 4.78 is 1.31. The summed E-state index contributed by atoms with van der Waals surface area (Å²) in [4.78, 5) is 28.1. The monoisotopic (exact) mass is 369 g/mol. The fourth-order valence-corrected chi connectivity index (χ4v) is 3.13. The molecule has 0 radical (unpaired) electrons. The molecule has 144 valence electrons. The van der Waals surface area contributed by atoms with Crippen LogP contribution in [0.4, 0.5) is 16.2 Å². The van der Waals surface area contributed by atoms with Crippen molar-refractivity contribution in [2.24, 2.45) is 7.05 Å². The van der Waals surface area contributed by atoms with Crippen LogP contribution in [0.3, 0.4) is 0 Å². The maximum atomic E-state index is 12.5. The highest BCUT2D eigenvalue weighted by Gasteiger charge is 2.22. The van der Waals surface area contributed by atoms with Crippen LogP contribution in [0.1, 0.15) is 31.7 Å². The molecule has 1 unspecified atom stereocenters. The van der Waals surface area contributed by atoms with E-state index in [-0.39, 0.29) is 11.6 Å². The van der Waals surface area contributed by atoms with E-state index in [4.69, 9.17) is 0 Å². The van der Waals surface area contributed by atoms with Gasteiger partial charge in [0.05, 0.1) is 11.9 Å². The molecule has 1 N–H and O–H groups in total. The van der Waals surface area contributed by atoms with Crippen LogP contribution >= 0.6 is 0 Å². The minimum absolute atomic E-state index is 0.0898. The maximum Gasteiger partial charge on any atom is 0.321 e. The summed E-state index contributed by atoms with van der Waals surface area (Å²) in [7, 11) is 1.63. The standard InChI is InChI=1S/C20H27N5O2/c1-4-15(2)16-5-7-17(8-6-16)22-20(27)25-11-9-24(10-12-25)18-13-19(26)23(3)21-14-18/h5-8,13-15H,4,9-12H2,1-3H3,(H,22,27). The van der Waals surface area contributed by atoms with Gasteiger partial charge in [-0.1, -0.05) is 26.0 Å². The highest BCUT2D eigenvalue weighted by Crippen LogP contribution is 2.21. The Hall–Kier alpha value is -2.83. The lowest BCUT2D eigenvalue weighted by Gasteiger charge is -2.35. The third-order valence-electron chi connectivity index (χ3n) is 5.23. The van der Waals surface area contributed by atoms with Crippen LogP contribution in [0.15, 0.2) is 41.3 Å². The number of aromatic nitrogens is 2. The van der Waals surface area contributed by atoms with Crippen LogP contribution in [0.5, 0.6) is 0 Å². The van der Waals surface area contributed by atoms with Gasteiger partial charge in [0.15, 0.2) is 0 Å². The number of nitrogens with zero attached hydrogens (tertiary/aromatic N) is 4. The van der Waals surface area contributed by atoms with Crippen molar-refractivity contribution in [2.45, 2.75) is 26.2 Å². The lowest BCUT2D eigenvalue weighted by Crippen LogP contribution is -2.50. The number of piperazine rings is 1. The number of benzene rings is 1. The average Bonchev–Trinajstić information content (AvgIpc) is 2.70. The number of aryl methyl sites for hydroxylation is 1. The summed E-state index contributed by atoms with van der Waals surface area (Å²) in [6.07, 6.45) is 2.79. The second kappa shape index (κ2) is 8.24. The van der Waals surface area contributed by atoms with E-state index in [0.29, 0.717) is 32.1 Å². The fourth-order valence-electron chi connectivity index (χ4n) is 3.13. The molecule has 2 aromatic rings. The van der Waals surface area contributed by atoms with Gasteiger partial charge in [-0.3, -0.25) is 4.79 Å². The van der Waals surface area contributed by atoms with E-state index in [1.807, 2.05) is 12.1 Å². The molecule has 1 aliphatic rings. The van der Waals surface area contributed by atoms with Crippen molar-refractivity contribution in [1.82, 2.24) is 14.7 Å². The normalized spacial score (nSPS) is 15.5. The van der Waals surface area contributed by atoms with Crippen LogP contribution in [0.2, 0.25) is 0 Å². The number of carbonyl (C=O) groups is 1. The van der Waals surface area contributed by atoms with Crippen molar-refractivity contribution in [3.05, 3.63) is 52.4 Å². The summed E-state index contributed by atoms with van der Waals surface area (Å²) >= 11 is 0. The highest BCUT2D eigenvalue weighted by atomic mass is 16.2. The molecule has 7 heteroatoms. The summed E-state index contributed by atoms with van der Waals surface area (Å²) in [6.45, 7) is 6.93. The van der Waals surface area contributed by atoms with Crippen LogP contribution in [-0.4, -0.2) is 46.9 Å². The minimum Gasteiger partial charge on any atom is -0.367 e. The van der Waals surface area contributed by atoms with Gasteiger partial charge in [0.25, 0.3) is 5.56 Å². The quantitative estimate of drug-likeness (QED) is 0.899. The first-order valence-electron chi connectivity index (χ1n) is 9.42. The number of urea groups is 1. The molecule has 1 atom stereocenters. The van der Waals surface area contributed by atoms with Gasteiger partial charge in [-0.2, -0.15) is 5.10 Å². The second-order valence-corrected chi connectivity index (χ2v) is 7.01. The van der Waals surface area contributed by atoms with Gasteiger partial charge in [-0.15, -0.1) is 0 Å². The van der Waals surface area contributed by atoms with E-state index in [2.05, 4.69) is 41.3 Å². The van der Waals surface area contributed by atoms with Gasteiger partial charge in [0.2, 0.25) is 0 Å². The third-order valence-corrected chi connectivity index (χ3v) is 5.23. The number of rotatable bonds is 4. The first kappa shape index (κ1) is 18.9. The molecule has 0 saturated carbocycles. The zero-order valence-corrected chi connectivity index (χ0v) is 16.2. The highest BCUT2D eigenvalue weighted by molar-refractivity contribution is 5.89. The molecule has 27 heavy (non-hydrogen) atoms. The predicted octanol–water partition coefficient (Wildman–Crippen LogP) is 2.65. The summed E-state index contributed by atoms with van der Waals surface area (Å²) in [5.41, 5.74) is 2.77. The van der Waals surface area contributed by atoms with E-state index in [1.54, 1.807) is 24.2 Å².